The fourth-order valence-corrected chi connectivity index (χ4v) is 1.91. The molecule has 0 amide bonds. The Labute approximate surface area is 109 Å². The lowest BCUT2D eigenvalue weighted by atomic mass is 10.2. The van der Waals surface area contributed by atoms with Crippen LogP contribution in [0.15, 0.2) is 28.8 Å². The molecule has 1 heterocycles. The van der Waals surface area contributed by atoms with E-state index in [2.05, 4.69) is 10.3 Å². The van der Waals surface area contributed by atoms with Crippen LogP contribution < -0.4 is 5.32 Å². The molecule has 0 unspecified atom stereocenters. The highest BCUT2D eigenvalue weighted by molar-refractivity contribution is 5.57. The van der Waals surface area contributed by atoms with Crippen molar-refractivity contribution in [1.82, 2.24) is 10.3 Å². The zero-order chi connectivity index (χ0) is 13.2. The van der Waals surface area contributed by atoms with Gasteiger partial charge in [0.1, 0.15) is 11.6 Å². The minimum Gasteiger partial charge on any atom is -0.441 e. The molecule has 1 aliphatic rings. The van der Waals surface area contributed by atoms with Gasteiger partial charge in [-0.05, 0) is 31.0 Å². The molecule has 3 rings (SSSR count). The summed E-state index contributed by atoms with van der Waals surface area (Å²) in [5.41, 5.74) is 0.105. The van der Waals surface area contributed by atoms with Gasteiger partial charge in [0.15, 0.2) is 11.7 Å². The van der Waals surface area contributed by atoms with E-state index in [4.69, 9.17) is 4.42 Å². The van der Waals surface area contributed by atoms with Crippen molar-refractivity contribution in [3.8, 4) is 11.3 Å². The molecule has 3 nitrogen and oxygen atoms in total. The Morgan fingerprint density at radius 3 is 2.95 bits per heavy atom. The summed E-state index contributed by atoms with van der Waals surface area (Å²) in [6, 6.07) is 3.91. The van der Waals surface area contributed by atoms with Gasteiger partial charge in [0.25, 0.3) is 0 Å². The second-order valence-electron chi connectivity index (χ2n) is 4.72. The van der Waals surface area contributed by atoms with Crippen molar-refractivity contribution in [3.63, 3.8) is 0 Å². The third kappa shape index (κ3) is 2.98. The number of halogens is 2. The number of nitrogens with zero attached hydrogens (tertiary/aromatic N) is 1. The third-order valence-corrected chi connectivity index (χ3v) is 3.10. The molecular formula is C14H14F2N2O. The molecule has 1 fully saturated rings. The monoisotopic (exact) mass is 264 g/mol. The Bertz CT molecular complexity index is 579. The van der Waals surface area contributed by atoms with Crippen molar-refractivity contribution in [2.45, 2.75) is 25.3 Å². The van der Waals surface area contributed by atoms with Crippen LogP contribution in [0.5, 0.6) is 0 Å². The molecular weight excluding hydrogens is 250 g/mol. The SMILES string of the molecule is Fc1ccc(F)c(-c2cnc(CCNC3CC3)o2)c1. The van der Waals surface area contributed by atoms with Crippen LogP contribution in [-0.2, 0) is 6.42 Å². The summed E-state index contributed by atoms with van der Waals surface area (Å²) < 4.78 is 32.1. The number of rotatable bonds is 5. The summed E-state index contributed by atoms with van der Waals surface area (Å²) in [6.07, 6.45) is 4.54. The van der Waals surface area contributed by atoms with Gasteiger partial charge in [-0.25, -0.2) is 13.8 Å². The number of hydrogen-bond acceptors (Lipinski definition) is 3. The Morgan fingerprint density at radius 2 is 2.16 bits per heavy atom. The largest absolute Gasteiger partial charge is 0.441 e. The third-order valence-electron chi connectivity index (χ3n) is 3.10. The van der Waals surface area contributed by atoms with Gasteiger partial charge in [0.2, 0.25) is 0 Å². The summed E-state index contributed by atoms with van der Waals surface area (Å²) in [5.74, 6) is -0.213. The predicted octanol–water partition coefficient (Wildman–Crippen LogP) is 2.91. The number of benzene rings is 1. The zero-order valence-corrected chi connectivity index (χ0v) is 10.3. The van der Waals surface area contributed by atoms with Crippen LogP contribution in [0.25, 0.3) is 11.3 Å². The summed E-state index contributed by atoms with van der Waals surface area (Å²) in [5, 5.41) is 3.34. The molecule has 0 aliphatic heterocycles. The molecule has 0 spiro atoms. The average Bonchev–Trinajstić information content (AvgIpc) is 3.10. The van der Waals surface area contributed by atoms with Crippen molar-refractivity contribution in [2.24, 2.45) is 0 Å². The molecule has 2 aromatic rings. The average molecular weight is 264 g/mol. The molecule has 19 heavy (non-hydrogen) atoms. The lowest BCUT2D eigenvalue weighted by molar-refractivity contribution is 0.490. The van der Waals surface area contributed by atoms with E-state index in [-0.39, 0.29) is 11.3 Å². The maximum absolute atomic E-state index is 13.6. The van der Waals surface area contributed by atoms with E-state index in [9.17, 15) is 8.78 Å². The standard InChI is InChI=1S/C14H14F2N2O/c15-9-1-4-12(16)11(7-9)13-8-18-14(19-13)5-6-17-10-2-3-10/h1,4,7-8,10,17H,2-3,5-6H2. The summed E-state index contributed by atoms with van der Waals surface area (Å²) in [6.45, 7) is 0.788. The Hall–Kier alpha value is -1.75. The minimum atomic E-state index is -0.514. The molecule has 1 saturated carbocycles. The number of oxazole rings is 1. The van der Waals surface area contributed by atoms with E-state index < -0.39 is 11.6 Å². The van der Waals surface area contributed by atoms with Crippen LogP contribution >= 0.6 is 0 Å². The van der Waals surface area contributed by atoms with Gasteiger partial charge in [-0.1, -0.05) is 0 Å². The Morgan fingerprint density at radius 1 is 1.32 bits per heavy atom. The van der Waals surface area contributed by atoms with Gasteiger partial charge in [-0.15, -0.1) is 0 Å². The summed E-state index contributed by atoms with van der Waals surface area (Å²) in [7, 11) is 0. The van der Waals surface area contributed by atoms with Crippen LogP contribution in [0.2, 0.25) is 0 Å². The summed E-state index contributed by atoms with van der Waals surface area (Å²) in [4.78, 5) is 4.08. The first-order valence-corrected chi connectivity index (χ1v) is 6.36. The van der Waals surface area contributed by atoms with Gasteiger partial charge in [-0.3, -0.25) is 0 Å². The van der Waals surface area contributed by atoms with E-state index >= 15 is 0 Å². The van der Waals surface area contributed by atoms with Crippen LogP contribution in [0.1, 0.15) is 18.7 Å². The van der Waals surface area contributed by atoms with Crippen LogP contribution in [0.3, 0.4) is 0 Å². The normalized spacial score (nSPS) is 14.8. The topological polar surface area (TPSA) is 38.1 Å². The highest BCUT2D eigenvalue weighted by Gasteiger charge is 2.20. The second-order valence-corrected chi connectivity index (χ2v) is 4.72. The van der Waals surface area contributed by atoms with Crippen molar-refractivity contribution in [1.29, 1.82) is 0 Å². The number of nitrogens with one attached hydrogen (secondary N) is 1. The number of hydrogen-bond donors (Lipinski definition) is 1. The van der Waals surface area contributed by atoms with Crippen molar-refractivity contribution in [3.05, 3.63) is 41.9 Å². The molecule has 0 atom stereocenters. The Balaban J connectivity index is 1.70. The van der Waals surface area contributed by atoms with Gasteiger partial charge >= 0.3 is 0 Å². The highest BCUT2D eigenvalue weighted by Crippen LogP contribution is 2.24. The molecule has 5 heteroatoms. The molecule has 1 aromatic heterocycles. The molecule has 0 saturated heterocycles. The van der Waals surface area contributed by atoms with Crippen LogP contribution in [0, 0.1) is 11.6 Å². The fourth-order valence-electron chi connectivity index (χ4n) is 1.91. The van der Waals surface area contributed by atoms with E-state index in [1.54, 1.807) is 0 Å². The molecule has 1 aromatic carbocycles. The molecule has 100 valence electrons. The lowest BCUT2D eigenvalue weighted by Gasteiger charge is -2.00. The van der Waals surface area contributed by atoms with Crippen molar-refractivity contribution >= 4 is 0 Å². The first-order valence-electron chi connectivity index (χ1n) is 6.36. The molecule has 0 radical (unpaired) electrons. The van der Waals surface area contributed by atoms with E-state index in [1.165, 1.54) is 19.0 Å². The summed E-state index contributed by atoms with van der Waals surface area (Å²) >= 11 is 0. The van der Waals surface area contributed by atoms with E-state index in [0.717, 1.165) is 24.7 Å². The van der Waals surface area contributed by atoms with E-state index in [0.29, 0.717) is 18.4 Å². The number of aromatic nitrogens is 1. The maximum Gasteiger partial charge on any atom is 0.196 e. The van der Waals surface area contributed by atoms with Crippen LogP contribution in [-0.4, -0.2) is 17.6 Å². The van der Waals surface area contributed by atoms with Gasteiger partial charge in [0, 0.05) is 19.0 Å². The smallest absolute Gasteiger partial charge is 0.196 e. The van der Waals surface area contributed by atoms with Crippen molar-refractivity contribution < 1.29 is 13.2 Å². The van der Waals surface area contributed by atoms with Crippen molar-refractivity contribution in [2.75, 3.05) is 6.54 Å². The quantitative estimate of drug-likeness (QED) is 0.902. The van der Waals surface area contributed by atoms with E-state index in [1.807, 2.05) is 0 Å². The lowest BCUT2D eigenvalue weighted by Crippen LogP contribution is -2.19. The maximum atomic E-state index is 13.6. The van der Waals surface area contributed by atoms with Gasteiger partial charge in [0.05, 0.1) is 11.8 Å². The zero-order valence-electron chi connectivity index (χ0n) is 10.3. The first kappa shape index (κ1) is 12.3. The molecule has 0 bridgehead atoms. The van der Waals surface area contributed by atoms with Gasteiger partial charge < -0.3 is 9.73 Å². The fraction of sp³-hybridized carbons (Fsp3) is 0.357. The first-order chi connectivity index (χ1) is 9.22. The van der Waals surface area contributed by atoms with Gasteiger partial charge in [-0.2, -0.15) is 0 Å². The highest BCUT2D eigenvalue weighted by atomic mass is 19.1. The second kappa shape index (κ2) is 5.09. The minimum absolute atomic E-state index is 0.105. The van der Waals surface area contributed by atoms with Crippen LogP contribution in [0.4, 0.5) is 8.78 Å². The Kier molecular flexibility index (Phi) is 3.29. The molecule has 1 aliphatic carbocycles. The predicted molar refractivity (Wildman–Crippen MR) is 66.6 cm³/mol. The molecule has 1 N–H and O–H groups in total.